The Morgan fingerprint density at radius 1 is 0.870 bits per heavy atom. The summed E-state index contributed by atoms with van der Waals surface area (Å²) in [4.78, 5) is 2.45. The first-order valence-electron chi connectivity index (χ1n) is 19.8. The van der Waals surface area contributed by atoms with E-state index >= 15 is 0 Å². The largest absolute Gasteiger partial charge is 0.311 e. The third kappa shape index (κ3) is 5.12. The molecular weight excluding hydrogens is 651 g/mol. The predicted octanol–water partition coefficient (Wildman–Crippen LogP) is 14.4. The van der Waals surface area contributed by atoms with Gasteiger partial charge in [0.15, 0.2) is 0 Å². The van der Waals surface area contributed by atoms with Crippen molar-refractivity contribution in [3.8, 4) is 11.1 Å². The normalized spacial score (nSPS) is 23.8. The van der Waals surface area contributed by atoms with Gasteiger partial charge in [0, 0.05) is 23.0 Å². The van der Waals surface area contributed by atoms with Crippen LogP contribution < -0.4 is 4.90 Å². The minimum absolute atomic E-state index is 0.0311. The van der Waals surface area contributed by atoms with Crippen LogP contribution in [0.3, 0.4) is 0 Å². The maximum absolute atomic E-state index is 4.08. The molecule has 0 aliphatic heterocycles. The van der Waals surface area contributed by atoms with Gasteiger partial charge in [0.1, 0.15) is 0 Å². The average Bonchev–Trinajstić information content (AvgIpc) is 3.70. The summed E-state index contributed by atoms with van der Waals surface area (Å²) in [6.07, 6.45) is 33.6. The second-order valence-corrected chi connectivity index (χ2v) is 15.9. The van der Waals surface area contributed by atoms with Crippen LogP contribution in [-0.2, 0) is 10.8 Å². The molecule has 0 heterocycles. The summed E-state index contributed by atoms with van der Waals surface area (Å²) in [5, 5.41) is 0. The highest BCUT2D eigenvalue weighted by Gasteiger charge is 2.53. The smallest absolute Gasteiger partial charge is 0.0651 e. The number of hydrogen-bond donors (Lipinski definition) is 0. The minimum atomic E-state index is -0.342. The summed E-state index contributed by atoms with van der Waals surface area (Å²) < 4.78 is 0. The summed E-state index contributed by atoms with van der Waals surface area (Å²) >= 11 is 0. The van der Waals surface area contributed by atoms with Crippen LogP contribution in [-0.4, -0.2) is 0 Å². The molecule has 0 bridgehead atoms. The Kier molecular flexibility index (Phi) is 9.09. The molecular formula is C53H53N. The number of hydrogen-bond acceptors (Lipinski definition) is 1. The molecule has 1 nitrogen and oxygen atoms in total. The molecule has 54 heavy (non-hydrogen) atoms. The van der Waals surface area contributed by atoms with Crippen molar-refractivity contribution in [1.29, 1.82) is 0 Å². The molecule has 0 aromatic heterocycles. The number of allylic oxidation sites excluding steroid dienone is 20. The molecule has 3 aromatic rings. The van der Waals surface area contributed by atoms with Crippen LogP contribution >= 0.6 is 0 Å². The molecule has 8 rings (SSSR count). The van der Waals surface area contributed by atoms with Crippen molar-refractivity contribution in [1.82, 2.24) is 0 Å². The zero-order valence-electron chi connectivity index (χ0n) is 33.1. The molecule has 0 N–H and O–H groups in total. The lowest BCUT2D eigenvalue weighted by Gasteiger charge is -2.37. The summed E-state index contributed by atoms with van der Waals surface area (Å²) in [5.74, 6) is 0.892. The second kappa shape index (κ2) is 13.8. The van der Waals surface area contributed by atoms with Gasteiger partial charge in [0.25, 0.3) is 0 Å². The fraction of sp³-hybridized carbons (Fsp3) is 0.245. The first-order chi connectivity index (χ1) is 26.2. The topological polar surface area (TPSA) is 3.24 Å². The number of rotatable bonds is 8. The van der Waals surface area contributed by atoms with E-state index in [1.807, 2.05) is 6.08 Å². The molecule has 3 unspecified atom stereocenters. The number of benzene rings is 3. The molecule has 3 aromatic carbocycles. The van der Waals surface area contributed by atoms with E-state index in [0.717, 1.165) is 24.2 Å². The molecule has 270 valence electrons. The van der Waals surface area contributed by atoms with Gasteiger partial charge in [-0.1, -0.05) is 136 Å². The lowest BCUT2D eigenvalue weighted by atomic mass is 9.65. The van der Waals surface area contributed by atoms with Crippen molar-refractivity contribution in [2.75, 3.05) is 4.90 Å². The van der Waals surface area contributed by atoms with Crippen LogP contribution in [0, 0.1) is 5.92 Å². The van der Waals surface area contributed by atoms with E-state index in [9.17, 15) is 0 Å². The third-order valence-corrected chi connectivity index (χ3v) is 12.9. The van der Waals surface area contributed by atoms with E-state index in [2.05, 4.69) is 200 Å². The van der Waals surface area contributed by atoms with Crippen LogP contribution in [0.1, 0.15) is 89.5 Å². The Bertz CT molecular complexity index is 2380. The van der Waals surface area contributed by atoms with Gasteiger partial charge in [0.05, 0.1) is 5.41 Å². The molecule has 0 saturated heterocycles. The molecule has 0 amide bonds. The predicted molar refractivity (Wildman–Crippen MR) is 233 cm³/mol. The van der Waals surface area contributed by atoms with Crippen molar-refractivity contribution in [3.63, 3.8) is 0 Å². The van der Waals surface area contributed by atoms with Crippen molar-refractivity contribution in [2.24, 2.45) is 5.92 Å². The maximum atomic E-state index is 4.08. The fourth-order valence-electron chi connectivity index (χ4n) is 10.5. The van der Waals surface area contributed by atoms with Gasteiger partial charge >= 0.3 is 0 Å². The maximum Gasteiger partial charge on any atom is 0.0651 e. The van der Waals surface area contributed by atoms with E-state index in [-0.39, 0.29) is 10.8 Å². The first-order valence-corrected chi connectivity index (χ1v) is 19.8. The standard InChI is InChI=1S/C53H53N/c1-9-13-28-47-35(5)41-26-19-27-43(51(41)53(47)36(6)42(21-11-3)44-24-15-17-30-49(44)53)37-22-18-23-39(33-37)54(38(12-4)20-10-2)40-31-32-46-45-25-14-16-29-48(45)52(7,8)50(46)34-40/h9-16,18-29,31-34,45,48H,1,17,30H2,2-8H3/b20-10-,21-11-,28-13-,38-12+. The van der Waals surface area contributed by atoms with Crippen molar-refractivity contribution in [3.05, 3.63) is 208 Å². The van der Waals surface area contributed by atoms with E-state index in [1.165, 1.54) is 72.5 Å². The van der Waals surface area contributed by atoms with Gasteiger partial charge in [0.2, 0.25) is 0 Å². The quantitative estimate of drug-likeness (QED) is 0.211. The third-order valence-electron chi connectivity index (χ3n) is 12.9. The van der Waals surface area contributed by atoms with Gasteiger partial charge < -0.3 is 4.90 Å². The van der Waals surface area contributed by atoms with Gasteiger partial charge in [-0.2, -0.15) is 0 Å². The number of anilines is 2. The Balaban J connectivity index is 1.34. The summed E-state index contributed by atoms with van der Waals surface area (Å²) in [6.45, 7) is 20.0. The van der Waals surface area contributed by atoms with E-state index < -0.39 is 0 Å². The summed E-state index contributed by atoms with van der Waals surface area (Å²) in [6, 6.07) is 23.4. The fourth-order valence-corrected chi connectivity index (χ4v) is 10.5. The summed E-state index contributed by atoms with van der Waals surface area (Å²) in [5.41, 5.74) is 19.8. The van der Waals surface area contributed by atoms with Crippen molar-refractivity contribution < 1.29 is 0 Å². The molecule has 0 saturated carbocycles. The Hall–Kier alpha value is -5.40. The molecule has 0 fully saturated rings. The SMILES string of the molecule is C=C/C=C\C1=C(C)c2cccc(-c3cccc(N(C(/C=C\C)=C/C)c4ccc5c(c4)C(C)(C)C4C=CC=CC54)c3)c2C12C(C)=C(/C=C\C)C1=C2CCC=C1. The van der Waals surface area contributed by atoms with Crippen LogP contribution in [0.25, 0.3) is 16.7 Å². The summed E-state index contributed by atoms with van der Waals surface area (Å²) in [7, 11) is 0. The van der Waals surface area contributed by atoms with E-state index in [0.29, 0.717) is 11.8 Å². The van der Waals surface area contributed by atoms with Gasteiger partial charge in [-0.05, 0) is 156 Å². The Labute approximate surface area is 323 Å². The molecule has 5 aliphatic carbocycles. The Morgan fingerprint density at radius 2 is 1.65 bits per heavy atom. The van der Waals surface area contributed by atoms with Crippen LogP contribution in [0.2, 0.25) is 0 Å². The van der Waals surface area contributed by atoms with Crippen LogP contribution in [0.5, 0.6) is 0 Å². The molecule has 5 aliphatic rings. The first kappa shape index (κ1) is 35.6. The highest BCUT2D eigenvalue weighted by atomic mass is 15.1. The molecule has 1 spiro atoms. The van der Waals surface area contributed by atoms with Crippen LogP contribution in [0.15, 0.2) is 186 Å². The Morgan fingerprint density at radius 3 is 2.43 bits per heavy atom. The zero-order chi connectivity index (χ0) is 37.8. The lowest BCUT2D eigenvalue weighted by Crippen LogP contribution is -2.29. The lowest BCUT2D eigenvalue weighted by molar-refractivity contribution is 0.394. The number of fused-ring (bicyclic) bond motifs is 6. The van der Waals surface area contributed by atoms with Crippen molar-refractivity contribution in [2.45, 2.75) is 78.1 Å². The van der Waals surface area contributed by atoms with Crippen molar-refractivity contribution >= 4 is 16.9 Å². The highest BCUT2D eigenvalue weighted by Crippen LogP contribution is 2.64. The van der Waals surface area contributed by atoms with E-state index in [4.69, 9.17) is 0 Å². The second-order valence-electron chi connectivity index (χ2n) is 15.9. The highest BCUT2D eigenvalue weighted by molar-refractivity contribution is 5.94. The molecule has 3 atom stereocenters. The van der Waals surface area contributed by atoms with E-state index in [1.54, 1.807) is 0 Å². The number of nitrogens with zero attached hydrogens (tertiary/aromatic N) is 1. The van der Waals surface area contributed by atoms with Gasteiger partial charge in [-0.3, -0.25) is 0 Å². The molecule has 1 heteroatoms. The average molecular weight is 704 g/mol. The van der Waals surface area contributed by atoms with Gasteiger partial charge in [-0.15, -0.1) is 0 Å². The molecule has 0 radical (unpaired) electrons. The zero-order valence-corrected chi connectivity index (χ0v) is 33.1. The monoisotopic (exact) mass is 703 g/mol. The van der Waals surface area contributed by atoms with Crippen LogP contribution in [0.4, 0.5) is 11.4 Å². The van der Waals surface area contributed by atoms with Gasteiger partial charge in [-0.25, -0.2) is 0 Å². The minimum Gasteiger partial charge on any atom is -0.311 e.